The Labute approximate surface area is 131 Å². The molecule has 0 aliphatic heterocycles. The van der Waals surface area contributed by atoms with Gasteiger partial charge in [0.1, 0.15) is 0 Å². The number of nitrogens with zero attached hydrogens (tertiary/aromatic N) is 1. The number of hydrogen-bond donors (Lipinski definition) is 1. The van der Waals surface area contributed by atoms with Gasteiger partial charge in [0.05, 0.1) is 12.6 Å². The normalized spacial score (nSPS) is 11.6. The summed E-state index contributed by atoms with van der Waals surface area (Å²) < 4.78 is 0. The van der Waals surface area contributed by atoms with Gasteiger partial charge < -0.3 is 0 Å². The fourth-order valence-electron chi connectivity index (χ4n) is 2.00. The third-order valence-electron chi connectivity index (χ3n) is 3.19. The number of carbonyl (C=O) groups excluding carboxylic acids is 1. The summed E-state index contributed by atoms with van der Waals surface area (Å²) in [6, 6.07) is 19.7. The Hall–Kier alpha value is -2.68. The quantitative estimate of drug-likeness (QED) is 0.638. The maximum Gasteiger partial charge on any atom is 0.244 e. The van der Waals surface area contributed by atoms with Gasteiger partial charge in [0.2, 0.25) is 5.91 Å². The Kier molecular flexibility index (Phi) is 6.12. The second kappa shape index (κ2) is 8.57. The van der Waals surface area contributed by atoms with Crippen molar-refractivity contribution in [3.05, 3.63) is 77.4 Å². The molecule has 0 fully saturated rings. The van der Waals surface area contributed by atoms with Gasteiger partial charge in [-0.1, -0.05) is 73.7 Å². The molecule has 0 bridgehead atoms. The van der Waals surface area contributed by atoms with Crippen LogP contribution in [0.1, 0.15) is 24.5 Å². The summed E-state index contributed by atoms with van der Waals surface area (Å²) in [7, 11) is 0. The van der Waals surface area contributed by atoms with Crippen LogP contribution >= 0.6 is 0 Å². The molecule has 22 heavy (non-hydrogen) atoms. The standard InChI is InChI=1S/C19H20N2O/c1-2-16(13-17-9-5-3-6-10-17)15-20-21-19(22)14-18-11-7-4-8-12-18/h3-13,15H,2,14H2,1H3,(H,21,22)/b16-13?,20-15-. The molecule has 0 aliphatic carbocycles. The van der Waals surface area contributed by atoms with E-state index >= 15 is 0 Å². The summed E-state index contributed by atoms with van der Waals surface area (Å²) in [5.41, 5.74) is 5.74. The van der Waals surface area contributed by atoms with Crippen molar-refractivity contribution < 1.29 is 4.79 Å². The molecule has 2 aromatic carbocycles. The van der Waals surface area contributed by atoms with E-state index in [2.05, 4.69) is 23.5 Å². The molecule has 2 rings (SSSR count). The lowest BCUT2D eigenvalue weighted by molar-refractivity contribution is -0.120. The molecule has 0 saturated carbocycles. The van der Waals surface area contributed by atoms with Gasteiger partial charge in [0, 0.05) is 0 Å². The lowest BCUT2D eigenvalue weighted by Crippen LogP contribution is -2.19. The number of hydrogen-bond acceptors (Lipinski definition) is 2. The molecule has 112 valence electrons. The highest BCUT2D eigenvalue weighted by Gasteiger charge is 2.00. The van der Waals surface area contributed by atoms with Crippen molar-refractivity contribution in [1.29, 1.82) is 0 Å². The highest BCUT2D eigenvalue weighted by Crippen LogP contribution is 2.07. The Bertz CT molecular complexity index is 646. The molecule has 1 N–H and O–H groups in total. The van der Waals surface area contributed by atoms with Gasteiger partial charge in [-0.3, -0.25) is 4.79 Å². The van der Waals surface area contributed by atoms with E-state index in [0.29, 0.717) is 6.42 Å². The van der Waals surface area contributed by atoms with Crippen molar-refractivity contribution in [3.8, 4) is 0 Å². The Morgan fingerprint density at radius 1 is 1.05 bits per heavy atom. The van der Waals surface area contributed by atoms with Crippen LogP contribution in [0.4, 0.5) is 0 Å². The van der Waals surface area contributed by atoms with E-state index in [1.807, 2.05) is 60.7 Å². The number of nitrogens with one attached hydrogen (secondary N) is 1. The molecule has 0 saturated heterocycles. The Morgan fingerprint density at radius 2 is 1.68 bits per heavy atom. The first kappa shape index (κ1) is 15.7. The van der Waals surface area contributed by atoms with Crippen LogP contribution in [-0.2, 0) is 11.2 Å². The van der Waals surface area contributed by atoms with Crippen LogP contribution < -0.4 is 5.43 Å². The molecule has 0 unspecified atom stereocenters. The molecular formula is C19H20N2O. The van der Waals surface area contributed by atoms with Crippen LogP contribution in [0.15, 0.2) is 71.3 Å². The third-order valence-corrected chi connectivity index (χ3v) is 3.19. The van der Waals surface area contributed by atoms with Gasteiger partial charge in [0.15, 0.2) is 0 Å². The lowest BCUT2D eigenvalue weighted by Gasteiger charge is -2.01. The van der Waals surface area contributed by atoms with Crippen molar-refractivity contribution in [2.24, 2.45) is 5.10 Å². The van der Waals surface area contributed by atoms with Gasteiger partial charge in [0.25, 0.3) is 0 Å². The van der Waals surface area contributed by atoms with Crippen molar-refractivity contribution >= 4 is 18.2 Å². The zero-order valence-electron chi connectivity index (χ0n) is 12.7. The smallest absolute Gasteiger partial charge is 0.244 e. The largest absolute Gasteiger partial charge is 0.273 e. The number of hydrazone groups is 1. The minimum absolute atomic E-state index is 0.113. The first-order valence-electron chi connectivity index (χ1n) is 7.39. The third kappa shape index (κ3) is 5.37. The van der Waals surface area contributed by atoms with Crippen LogP contribution in [0, 0.1) is 0 Å². The van der Waals surface area contributed by atoms with Crippen LogP contribution in [0.2, 0.25) is 0 Å². The molecule has 0 radical (unpaired) electrons. The van der Waals surface area contributed by atoms with Crippen LogP contribution in [0.25, 0.3) is 6.08 Å². The van der Waals surface area contributed by atoms with E-state index in [1.165, 1.54) is 0 Å². The van der Waals surface area contributed by atoms with Gasteiger partial charge in [-0.25, -0.2) is 5.43 Å². The first-order chi connectivity index (χ1) is 10.8. The van der Waals surface area contributed by atoms with Crippen molar-refractivity contribution in [3.63, 3.8) is 0 Å². The monoisotopic (exact) mass is 292 g/mol. The molecule has 2 aromatic rings. The molecule has 0 aliphatic rings. The Balaban J connectivity index is 1.90. The number of benzene rings is 2. The summed E-state index contributed by atoms with van der Waals surface area (Å²) >= 11 is 0. The summed E-state index contributed by atoms with van der Waals surface area (Å²) in [4.78, 5) is 11.8. The molecule has 0 heterocycles. The topological polar surface area (TPSA) is 41.5 Å². The van der Waals surface area contributed by atoms with Crippen molar-refractivity contribution in [1.82, 2.24) is 5.43 Å². The van der Waals surface area contributed by atoms with Gasteiger partial charge >= 0.3 is 0 Å². The zero-order chi connectivity index (χ0) is 15.6. The van der Waals surface area contributed by atoms with E-state index < -0.39 is 0 Å². The zero-order valence-corrected chi connectivity index (χ0v) is 12.7. The minimum atomic E-state index is -0.113. The maximum absolute atomic E-state index is 11.8. The number of amides is 1. The molecule has 0 spiro atoms. The fraction of sp³-hybridized carbons (Fsp3) is 0.158. The second-order valence-corrected chi connectivity index (χ2v) is 4.94. The highest BCUT2D eigenvalue weighted by atomic mass is 16.2. The van der Waals surface area contributed by atoms with Crippen molar-refractivity contribution in [2.45, 2.75) is 19.8 Å². The first-order valence-corrected chi connectivity index (χ1v) is 7.39. The SMILES string of the molecule is CCC(=Cc1ccccc1)/C=N\NC(=O)Cc1ccccc1. The van der Waals surface area contributed by atoms with Crippen LogP contribution in [-0.4, -0.2) is 12.1 Å². The number of allylic oxidation sites excluding steroid dienone is 1. The van der Waals surface area contributed by atoms with Gasteiger partial charge in [-0.2, -0.15) is 5.10 Å². The molecule has 0 atom stereocenters. The van der Waals surface area contributed by atoms with E-state index in [9.17, 15) is 4.79 Å². The second-order valence-electron chi connectivity index (χ2n) is 4.94. The lowest BCUT2D eigenvalue weighted by atomic mass is 10.1. The average molecular weight is 292 g/mol. The Morgan fingerprint density at radius 3 is 2.32 bits per heavy atom. The van der Waals surface area contributed by atoms with E-state index in [1.54, 1.807) is 6.21 Å². The summed E-state index contributed by atoms with van der Waals surface area (Å²) in [5, 5.41) is 4.04. The number of rotatable bonds is 6. The highest BCUT2D eigenvalue weighted by molar-refractivity contribution is 5.87. The van der Waals surface area contributed by atoms with Crippen LogP contribution in [0.5, 0.6) is 0 Å². The molecule has 0 aromatic heterocycles. The fourth-order valence-corrected chi connectivity index (χ4v) is 2.00. The molecular weight excluding hydrogens is 272 g/mol. The van der Waals surface area contributed by atoms with E-state index in [4.69, 9.17) is 0 Å². The molecule has 3 heteroatoms. The minimum Gasteiger partial charge on any atom is -0.273 e. The summed E-state index contributed by atoms with van der Waals surface area (Å²) in [6.07, 6.45) is 4.96. The van der Waals surface area contributed by atoms with Gasteiger partial charge in [-0.15, -0.1) is 0 Å². The predicted octanol–water partition coefficient (Wildman–Crippen LogP) is 3.82. The van der Waals surface area contributed by atoms with Crippen LogP contribution in [0.3, 0.4) is 0 Å². The van der Waals surface area contributed by atoms with Gasteiger partial charge in [-0.05, 0) is 23.1 Å². The summed E-state index contributed by atoms with van der Waals surface area (Å²) in [5.74, 6) is -0.113. The van der Waals surface area contributed by atoms with E-state index in [0.717, 1.165) is 23.1 Å². The predicted molar refractivity (Wildman–Crippen MR) is 91.5 cm³/mol. The summed E-state index contributed by atoms with van der Waals surface area (Å²) in [6.45, 7) is 2.06. The number of carbonyl (C=O) groups is 1. The van der Waals surface area contributed by atoms with Crippen molar-refractivity contribution in [2.75, 3.05) is 0 Å². The average Bonchev–Trinajstić information content (AvgIpc) is 2.56. The van der Waals surface area contributed by atoms with E-state index in [-0.39, 0.29) is 5.91 Å². The molecule has 1 amide bonds. The molecule has 3 nitrogen and oxygen atoms in total. The maximum atomic E-state index is 11.8.